The molecule has 0 saturated carbocycles. The summed E-state index contributed by atoms with van der Waals surface area (Å²) in [5.74, 6) is 0.813. The molecule has 1 aliphatic rings. The lowest BCUT2D eigenvalue weighted by Crippen LogP contribution is -2.46. The van der Waals surface area contributed by atoms with E-state index >= 15 is 0 Å². The van der Waals surface area contributed by atoms with Crippen molar-refractivity contribution in [1.29, 1.82) is 0 Å². The topological polar surface area (TPSA) is 41.9 Å². The largest absolute Gasteiger partial charge is 0.497 e. The van der Waals surface area contributed by atoms with Crippen LogP contribution in [0.15, 0.2) is 24.3 Å². The van der Waals surface area contributed by atoms with Crippen molar-refractivity contribution in [3.8, 4) is 5.75 Å². The maximum absolute atomic E-state index is 11.1. The summed E-state index contributed by atoms with van der Waals surface area (Å²) in [6.07, 6.45) is 2.39. The Morgan fingerprint density at radius 1 is 1.32 bits per heavy atom. The van der Waals surface area contributed by atoms with Crippen LogP contribution < -0.4 is 4.74 Å². The number of nitrogens with zero attached hydrogens (tertiary/aromatic N) is 1. The van der Waals surface area contributed by atoms with Gasteiger partial charge in [0.1, 0.15) is 11.4 Å². The minimum Gasteiger partial charge on any atom is -0.497 e. The molecule has 1 aliphatic heterocycles. The van der Waals surface area contributed by atoms with Crippen LogP contribution in [0, 0.1) is 0 Å². The second kappa shape index (κ2) is 7.44. The van der Waals surface area contributed by atoms with Crippen molar-refractivity contribution in [3.05, 3.63) is 29.8 Å². The fourth-order valence-corrected chi connectivity index (χ4v) is 3.26. The van der Waals surface area contributed by atoms with Gasteiger partial charge in [-0.15, -0.1) is 0 Å². The van der Waals surface area contributed by atoms with Crippen LogP contribution in [0.25, 0.3) is 0 Å². The van der Waals surface area contributed by atoms with Crippen LogP contribution in [0.3, 0.4) is 0 Å². The molecule has 2 atom stereocenters. The zero-order valence-corrected chi connectivity index (χ0v) is 14.2. The van der Waals surface area contributed by atoms with Crippen LogP contribution in [0.1, 0.15) is 39.2 Å². The van der Waals surface area contributed by atoms with Crippen molar-refractivity contribution in [1.82, 2.24) is 4.90 Å². The summed E-state index contributed by atoms with van der Waals surface area (Å²) in [6.45, 7) is 8.63. The Hall–Kier alpha value is -1.10. The molecule has 4 nitrogen and oxygen atoms in total. The summed E-state index contributed by atoms with van der Waals surface area (Å²) < 4.78 is 10.9. The Kier molecular flexibility index (Phi) is 5.84. The summed E-state index contributed by atoms with van der Waals surface area (Å²) in [6, 6.07) is 7.87. The van der Waals surface area contributed by atoms with E-state index in [1.54, 1.807) is 7.11 Å². The van der Waals surface area contributed by atoms with E-state index in [4.69, 9.17) is 9.47 Å². The zero-order valence-electron chi connectivity index (χ0n) is 14.2. The molecule has 0 spiro atoms. The van der Waals surface area contributed by atoms with Crippen LogP contribution in [0.5, 0.6) is 5.75 Å². The first-order valence-electron chi connectivity index (χ1n) is 8.17. The van der Waals surface area contributed by atoms with Gasteiger partial charge in [0.2, 0.25) is 0 Å². The first kappa shape index (κ1) is 17.3. The molecule has 1 N–H and O–H groups in total. The summed E-state index contributed by atoms with van der Waals surface area (Å²) in [4.78, 5) is 2.35. The highest BCUT2D eigenvalue weighted by atomic mass is 16.5. The zero-order chi connectivity index (χ0) is 16.2. The summed E-state index contributed by atoms with van der Waals surface area (Å²) in [5, 5.41) is 11.1. The minimum atomic E-state index is -0.861. The Labute approximate surface area is 134 Å². The molecular formula is C18H29NO3. The Bertz CT molecular complexity index is 456. The monoisotopic (exact) mass is 307 g/mol. The molecule has 2 rings (SSSR count). The molecule has 4 heteroatoms. The highest BCUT2D eigenvalue weighted by Gasteiger charge is 2.40. The second-order valence-electron chi connectivity index (χ2n) is 6.49. The SMILES string of the molecule is COc1ccc([C@@](C)(O)[C@H]2CCCN2CCOC(C)C)cc1. The van der Waals surface area contributed by atoms with E-state index in [9.17, 15) is 5.11 Å². The average molecular weight is 307 g/mol. The van der Waals surface area contributed by atoms with Crippen LogP contribution in [0.2, 0.25) is 0 Å². The van der Waals surface area contributed by atoms with Gasteiger partial charge in [-0.2, -0.15) is 0 Å². The Morgan fingerprint density at radius 2 is 2.00 bits per heavy atom. The third kappa shape index (κ3) is 4.00. The molecule has 1 aromatic carbocycles. The normalized spacial score (nSPS) is 22.0. The number of methoxy groups -OCH3 is 1. The minimum absolute atomic E-state index is 0.136. The van der Waals surface area contributed by atoms with Gasteiger partial charge in [-0.1, -0.05) is 12.1 Å². The van der Waals surface area contributed by atoms with Gasteiger partial charge < -0.3 is 14.6 Å². The molecule has 0 amide bonds. The number of rotatable bonds is 7. The molecular weight excluding hydrogens is 278 g/mol. The number of benzene rings is 1. The number of ether oxygens (including phenoxy) is 2. The fraction of sp³-hybridized carbons (Fsp3) is 0.667. The van der Waals surface area contributed by atoms with E-state index in [1.807, 2.05) is 31.2 Å². The van der Waals surface area contributed by atoms with Gasteiger partial charge in [-0.25, -0.2) is 0 Å². The van der Waals surface area contributed by atoms with Gasteiger partial charge >= 0.3 is 0 Å². The lowest BCUT2D eigenvalue weighted by atomic mass is 9.86. The molecule has 0 bridgehead atoms. The van der Waals surface area contributed by atoms with Gasteiger partial charge in [-0.05, 0) is 57.9 Å². The second-order valence-corrected chi connectivity index (χ2v) is 6.49. The van der Waals surface area contributed by atoms with Crippen LogP contribution in [0.4, 0.5) is 0 Å². The molecule has 124 valence electrons. The van der Waals surface area contributed by atoms with Crippen LogP contribution in [-0.4, -0.2) is 49.0 Å². The maximum Gasteiger partial charge on any atom is 0.118 e. The average Bonchev–Trinajstić information content (AvgIpc) is 2.96. The molecule has 1 saturated heterocycles. The van der Waals surface area contributed by atoms with Crippen molar-refractivity contribution in [3.63, 3.8) is 0 Å². The van der Waals surface area contributed by atoms with Crippen molar-refractivity contribution >= 4 is 0 Å². The van der Waals surface area contributed by atoms with E-state index in [-0.39, 0.29) is 12.1 Å². The van der Waals surface area contributed by atoms with Crippen molar-refractivity contribution < 1.29 is 14.6 Å². The molecule has 0 aromatic heterocycles. The van der Waals surface area contributed by atoms with Crippen LogP contribution >= 0.6 is 0 Å². The van der Waals surface area contributed by atoms with Crippen molar-refractivity contribution in [2.24, 2.45) is 0 Å². The molecule has 22 heavy (non-hydrogen) atoms. The Morgan fingerprint density at radius 3 is 2.59 bits per heavy atom. The highest BCUT2D eigenvalue weighted by Crippen LogP contribution is 2.35. The van der Waals surface area contributed by atoms with Crippen molar-refractivity contribution in [2.45, 2.75) is 51.4 Å². The van der Waals surface area contributed by atoms with E-state index in [0.717, 1.165) is 37.2 Å². The third-order valence-electron chi connectivity index (χ3n) is 4.52. The number of hydrogen-bond donors (Lipinski definition) is 1. The van der Waals surface area contributed by atoms with Gasteiger partial charge in [0.05, 0.1) is 19.8 Å². The first-order valence-corrected chi connectivity index (χ1v) is 8.17. The Balaban J connectivity index is 2.05. The molecule has 1 fully saturated rings. The van der Waals surface area contributed by atoms with Gasteiger partial charge in [0, 0.05) is 12.6 Å². The van der Waals surface area contributed by atoms with Gasteiger partial charge in [-0.3, -0.25) is 4.90 Å². The predicted molar refractivity (Wildman–Crippen MR) is 88.2 cm³/mol. The van der Waals surface area contributed by atoms with Crippen LogP contribution in [-0.2, 0) is 10.3 Å². The standard InChI is InChI=1S/C18H29NO3/c1-14(2)22-13-12-19-11-5-6-17(19)18(3,20)15-7-9-16(21-4)10-8-15/h7-10,14,17,20H,5-6,11-13H2,1-4H3/t17-,18-/m1/s1. The third-order valence-corrected chi connectivity index (χ3v) is 4.52. The maximum atomic E-state index is 11.1. The molecule has 0 unspecified atom stereocenters. The molecule has 0 aliphatic carbocycles. The van der Waals surface area contributed by atoms with Gasteiger partial charge in [0.15, 0.2) is 0 Å². The van der Waals surface area contributed by atoms with E-state index in [1.165, 1.54) is 0 Å². The lowest BCUT2D eigenvalue weighted by Gasteiger charge is -2.37. The fourth-order valence-electron chi connectivity index (χ4n) is 3.26. The number of hydrogen-bond acceptors (Lipinski definition) is 4. The predicted octanol–water partition coefficient (Wildman–Crippen LogP) is 2.79. The van der Waals surface area contributed by atoms with Gasteiger partial charge in [0.25, 0.3) is 0 Å². The molecule has 1 aromatic rings. The van der Waals surface area contributed by atoms with E-state index < -0.39 is 5.60 Å². The van der Waals surface area contributed by atoms with Crippen molar-refractivity contribution in [2.75, 3.05) is 26.8 Å². The number of aliphatic hydroxyl groups is 1. The number of likely N-dealkylation sites (tertiary alicyclic amines) is 1. The molecule has 1 heterocycles. The smallest absolute Gasteiger partial charge is 0.118 e. The quantitative estimate of drug-likeness (QED) is 0.841. The van der Waals surface area contributed by atoms with E-state index in [2.05, 4.69) is 18.7 Å². The molecule has 0 radical (unpaired) electrons. The summed E-state index contributed by atoms with van der Waals surface area (Å²) in [5.41, 5.74) is 0.0793. The summed E-state index contributed by atoms with van der Waals surface area (Å²) >= 11 is 0. The first-order chi connectivity index (χ1) is 10.4. The van der Waals surface area contributed by atoms with E-state index in [0.29, 0.717) is 6.61 Å². The highest BCUT2D eigenvalue weighted by molar-refractivity contribution is 5.31. The lowest BCUT2D eigenvalue weighted by molar-refractivity contribution is -0.0335. The summed E-state index contributed by atoms with van der Waals surface area (Å²) in [7, 11) is 1.65.